The Morgan fingerprint density at radius 2 is 2.29 bits per heavy atom. The number of anilines is 1. The van der Waals surface area contributed by atoms with Gasteiger partial charge in [-0.05, 0) is 6.92 Å². The molecular weight excluding hydrogens is 182 g/mol. The van der Waals surface area contributed by atoms with Crippen molar-refractivity contribution in [3.63, 3.8) is 0 Å². The summed E-state index contributed by atoms with van der Waals surface area (Å²) >= 11 is 0. The van der Waals surface area contributed by atoms with Crippen molar-refractivity contribution in [3.05, 3.63) is 17.6 Å². The van der Waals surface area contributed by atoms with E-state index < -0.39 is 0 Å². The van der Waals surface area contributed by atoms with Crippen LogP contribution in [0.15, 0.2) is 11.8 Å². The minimum Gasteiger partial charge on any atom is -0.327 e. The fourth-order valence-corrected chi connectivity index (χ4v) is 1.30. The second-order valence-electron chi connectivity index (χ2n) is 3.06. The van der Waals surface area contributed by atoms with Crippen molar-refractivity contribution in [1.29, 1.82) is 0 Å². The lowest BCUT2D eigenvalue weighted by molar-refractivity contribution is -0.112. The number of carbonyl (C=O) groups excluding carboxylic acids is 1. The Balaban J connectivity index is 2.44. The molecule has 74 valence electrons. The van der Waals surface area contributed by atoms with Crippen LogP contribution in [-0.2, 0) is 11.2 Å². The van der Waals surface area contributed by atoms with Gasteiger partial charge in [0.05, 0.1) is 0 Å². The molecule has 1 aliphatic rings. The summed E-state index contributed by atoms with van der Waals surface area (Å²) in [6.45, 7) is 3.75. The maximum atomic E-state index is 11.3. The first kappa shape index (κ1) is 8.74. The van der Waals surface area contributed by atoms with E-state index in [0.29, 0.717) is 12.4 Å². The number of fused-ring (bicyclic) bond motifs is 1. The molecule has 0 bridgehead atoms. The average Bonchev–Trinajstić information content (AvgIpc) is 2.41. The van der Waals surface area contributed by atoms with Gasteiger partial charge in [0, 0.05) is 18.2 Å². The van der Waals surface area contributed by atoms with Crippen molar-refractivity contribution in [2.75, 3.05) is 10.7 Å². The molecule has 0 spiro atoms. The number of hydrogen-bond acceptors (Lipinski definition) is 4. The second kappa shape index (κ2) is 3.13. The van der Waals surface area contributed by atoms with Gasteiger partial charge in [-0.2, -0.15) is 0 Å². The summed E-state index contributed by atoms with van der Waals surface area (Å²) in [5.41, 5.74) is 3.41. The molecule has 1 aliphatic heterocycles. The molecule has 2 rings (SSSR count). The highest BCUT2D eigenvalue weighted by Gasteiger charge is 2.15. The third-order valence-corrected chi connectivity index (χ3v) is 1.92. The standard InChI is InChI=1S/C8H11N5O/c1-3-6-10-11-8-9-5(2)4-7(14)12-13(6)8/h4H,3H2,1-2H3,(H,9,11)(H,12,14). The lowest BCUT2D eigenvalue weighted by Crippen LogP contribution is -2.22. The number of hydrogen-bond donors (Lipinski definition) is 2. The van der Waals surface area contributed by atoms with Crippen LogP contribution in [0.1, 0.15) is 19.7 Å². The number of aromatic nitrogens is 3. The summed E-state index contributed by atoms with van der Waals surface area (Å²) in [4.78, 5) is 11.3. The Morgan fingerprint density at radius 1 is 1.50 bits per heavy atom. The second-order valence-corrected chi connectivity index (χ2v) is 3.06. The van der Waals surface area contributed by atoms with E-state index in [-0.39, 0.29) is 5.91 Å². The first-order valence-electron chi connectivity index (χ1n) is 4.41. The van der Waals surface area contributed by atoms with Gasteiger partial charge in [-0.25, -0.2) is 4.68 Å². The number of aryl methyl sites for hydroxylation is 1. The zero-order valence-electron chi connectivity index (χ0n) is 8.03. The highest BCUT2D eigenvalue weighted by molar-refractivity contribution is 5.95. The van der Waals surface area contributed by atoms with E-state index in [2.05, 4.69) is 20.9 Å². The summed E-state index contributed by atoms with van der Waals surface area (Å²) < 4.78 is 1.56. The van der Waals surface area contributed by atoms with Gasteiger partial charge in [0.1, 0.15) is 0 Å². The van der Waals surface area contributed by atoms with Crippen LogP contribution in [0.3, 0.4) is 0 Å². The zero-order chi connectivity index (χ0) is 10.1. The molecular formula is C8H11N5O. The summed E-state index contributed by atoms with van der Waals surface area (Å²) in [5, 5.41) is 10.8. The van der Waals surface area contributed by atoms with Crippen LogP contribution in [0.2, 0.25) is 0 Å². The van der Waals surface area contributed by atoms with E-state index in [9.17, 15) is 4.79 Å². The van der Waals surface area contributed by atoms with Crippen molar-refractivity contribution < 1.29 is 4.79 Å². The molecule has 0 aromatic carbocycles. The monoisotopic (exact) mass is 193 g/mol. The summed E-state index contributed by atoms with van der Waals surface area (Å²) in [6, 6.07) is 0. The van der Waals surface area contributed by atoms with Crippen molar-refractivity contribution in [2.45, 2.75) is 20.3 Å². The average molecular weight is 193 g/mol. The molecule has 0 fully saturated rings. The Hall–Kier alpha value is -1.85. The van der Waals surface area contributed by atoms with Crippen molar-refractivity contribution in [1.82, 2.24) is 14.9 Å². The Bertz CT molecular complexity index is 406. The number of carbonyl (C=O) groups is 1. The topological polar surface area (TPSA) is 71.8 Å². The maximum absolute atomic E-state index is 11.3. The van der Waals surface area contributed by atoms with Crippen LogP contribution in [0.5, 0.6) is 0 Å². The van der Waals surface area contributed by atoms with Gasteiger partial charge in [0.15, 0.2) is 5.82 Å². The van der Waals surface area contributed by atoms with Gasteiger partial charge in [0.25, 0.3) is 5.91 Å². The third-order valence-electron chi connectivity index (χ3n) is 1.92. The van der Waals surface area contributed by atoms with Gasteiger partial charge in [-0.3, -0.25) is 10.2 Å². The molecule has 2 N–H and O–H groups in total. The quantitative estimate of drug-likeness (QED) is 0.670. The SMILES string of the molecule is CCc1nnc2n1NC(=O)C=C(C)N2. The minimum absolute atomic E-state index is 0.178. The lowest BCUT2D eigenvalue weighted by atomic mass is 10.4. The summed E-state index contributed by atoms with van der Waals surface area (Å²) in [7, 11) is 0. The number of nitrogens with zero attached hydrogens (tertiary/aromatic N) is 3. The van der Waals surface area contributed by atoms with Gasteiger partial charge < -0.3 is 5.32 Å². The molecule has 0 saturated carbocycles. The smallest absolute Gasteiger partial charge is 0.264 e. The van der Waals surface area contributed by atoms with E-state index in [1.807, 2.05) is 6.92 Å². The molecule has 1 aromatic heterocycles. The fraction of sp³-hybridized carbons (Fsp3) is 0.375. The van der Waals surface area contributed by atoms with E-state index in [4.69, 9.17) is 0 Å². The molecule has 1 amide bonds. The van der Waals surface area contributed by atoms with Crippen LogP contribution in [0.4, 0.5) is 5.95 Å². The molecule has 0 radical (unpaired) electrons. The highest BCUT2D eigenvalue weighted by Crippen LogP contribution is 2.11. The molecule has 0 aliphatic carbocycles. The molecule has 6 nitrogen and oxygen atoms in total. The Morgan fingerprint density at radius 3 is 3.00 bits per heavy atom. The number of allylic oxidation sites excluding steroid dienone is 1. The molecule has 1 aromatic rings. The van der Waals surface area contributed by atoms with Gasteiger partial charge in [0.2, 0.25) is 5.95 Å². The predicted molar refractivity (Wildman–Crippen MR) is 51.1 cm³/mol. The largest absolute Gasteiger partial charge is 0.327 e. The van der Waals surface area contributed by atoms with Crippen LogP contribution in [-0.4, -0.2) is 20.8 Å². The van der Waals surface area contributed by atoms with Gasteiger partial charge in [-0.15, -0.1) is 10.2 Å². The molecule has 0 saturated heterocycles. The summed E-state index contributed by atoms with van der Waals surface area (Å²) in [6.07, 6.45) is 2.20. The molecule has 2 heterocycles. The van der Waals surface area contributed by atoms with Crippen molar-refractivity contribution >= 4 is 11.9 Å². The fourth-order valence-electron chi connectivity index (χ4n) is 1.30. The van der Waals surface area contributed by atoms with Crippen LogP contribution < -0.4 is 10.7 Å². The van der Waals surface area contributed by atoms with Crippen LogP contribution in [0.25, 0.3) is 0 Å². The molecule has 0 unspecified atom stereocenters. The van der Waals surface area contributed by atoms with Crippen LogP contribution >= 0.6 is 0 Å². The van der Waals surface area contributed by atoms with E-state index in [1.165, 1.54) is 6.08 Å². The van der Waals surface area contributed by atoms with E-state index in [1.54, 1.807) is 11.6 Å². The predicted octanol–water partition coefficient (Wildman–Crippen LogP) is 0.240. The summed E-state index contributed by atoms with van der Waals surface area (Å²) in [5.74, 6) is 1.09. The number of nitrogens with one attached hydrogen (secondary N) is 2. The highest BCUT2D eigenvalue weighted by atomic mass is 16.2. The van der Waals surface area contributed by atoms with E-state index >= 15 is 0 Å². The van der Waals surface area contributed by atoms with Crippen molar-refractivity contribution in [3.8, 4) is 0 Å². The first-order valence-corrected chi connectivity index (χ1v) is 4.41. The van der Waals surface area contributed by atoms with Gasteiger partial charge in [-0.1, -0.05) is 6.92 Å². The number of rotatable bonds is 1. The lowest BCUT2D eigenvalue weighted by Gasteiger charge is -2.06. The normalized spacial score (nSPS) is 15.0. The Kier molecular flexibility index (Phi) is 1.95. The minimum atomic E-state index is -0.178. The van der Waals surface area contributed by atoms with Crippen molar-refractivity contribution in [2.24, 2.45) is 0 Å². The zero-order valence-corrected chi connectivity index (χ0v) is 8.03. The van der Waals surface area contributed by atoms with Crippen LogP contribution in [0, 0.1) is 0 Å². The molecule has 0 atom stereocenters. The molecule has 14 heavy (non-hydrogen) atoms. The maximum Gasteiger partial charge on any atom is 0.264 e. The third kappa shape index (κ3) is 1.34. The first-order chi connectivity index (χ1) is 6.70. The van der Waals surface area contributed by atoms with Gasteiger partial charge >= 0.3 is 0 Å². The number of amides is 1. The molecule has 6 heteroatoms. The Labute approximate surface area is 81.0 Å². The van der Waals surface area contributed by atoms with E-state index in [0.717, 1.165) is 11.5 Å².